The summed E-state index contributed by atoms with van der Waals surface area (Å²) in [5, 5.41) is 13.4. The predicted molar refractivity (Wildman–Crippen MR) is 84.9 cm³/mol. The van der Waals surface area contributed by atoms with Crippen LogP contribution < -0.4 is 5.69 Å². The van der Waals surface area contributed by atoms with Gasteiger partial charge < -0.3 is 5.11 Å². The zero-order valence-electron chi connectivity index (χ0n) is 13.1. The lowest BCUT2D eigenvalue weighted by Gasteiger charge is -2.31. The van der Waals surface area contributed by atoms with E-state index in [4.69, 9.17) is 5.11 Å². The molecule has 0 saturated carbocycles. The van der Waals surface area contributed by atoms with E-state index in [-0.39, 0.29) is 18.2 Å². The largest absolute Gasteiger partial charge is 0.480 e. The second kappa shape index (κ2) is 6.37. The number of para-hydroxylation sites is 1. The molecule has 23 heavy (non-hydrogen) atoms. The molecule has 122 valence electrons. The normalized spacial score (nSPS) is 18.9. The van der Waals surface area contributed by atoms with Gasteiger partial charge in [0.1, 0.15) is 5.82 Å². The quantitative estimate of drug-likeness (QED) is 0.904. The molecule has 0 radical (unpaired) electrons. The summed E-state index contributed by atoms with van der Waals surface area (Å²) in [7, 11) is 1.64. The van der Waals surface area contributed by atoms with Crippen LogP contribution in [-0.4, -0.2) is 50.0 Å². The molecule has 2 heterocycles. The van der Waals surface area contributed by atoms with E-state index in [9.17, 15) is 9.59 Å². The predicted octanol–water partition coefficient (Wildman–Crippen LogP) is 0.835. The van der Waals surface area contributed by atoms with Crippen molar-refractivity contribution in [2.45, 2.75) is 18.8 Å². The van der Waals surface area contributed by atoms with Crippen molar-refractivity contribution in [3.63, 3.8) is 0 Å². The van der Waals surface area contributed by atoms with E-state index in [0.29, 0.717) is 12.4 Å². The minimum Gasteiger partial charge on any atom is -0.480 e. The molecule has 1 aromatic carbocycles. The Bertz CT molecular complexity index is 750. The number of piperidine rings is 1. The van der Waals surface area contributed by atoms with Crippen molar-refractivity contribution >= 4 is 5.97 Å². The maximum Gasteiger partial charge on any atom is 0.350 e. The molecule has 7 heteroatoms. The Morgan fingerprint density at radius 2 is 2.09 bits per heavy atom. The second-order valence-corrected chi connectivity index (χ2v) is 5.90. The van der Waals surface area contributed by atoms with E-state index >= 15 is 0 Å². The fourth-order valence-corrected chi connectivity index (χ4v) is 3.17. The Morgan fingerprint density at radius 1 is 1.35 bits per heavy atom. The van der Waals surface area contributed by atoms with Gasteiger partial charge in [-0.25, -0.2) is 14.0 Å². The van der Waals surface area contributed by atoms with Gasteiger partial charge in [0.2, 0.25) is 0 Å². The first-order valence-corrected chi connectivity index (χ1v) is 7.72. The molecule has 1 aliphatic heterocycles. The fourth-order valence-electron chi connectivity index (χ4n) is 3.17. The Morgan fingerprint density at radius 3 is 2.78 bits per heavy atom. The van der Waals surface area contributed by atoms with Gasteiger partial charge in [-0.3, -0.25) is 9.69 Å². The van der Waals surface area contributed by atoms with Gasteiger partial charge >= 0.3 is 11.7 Å². The Hall–Kier alpha value is -2.41. The van der Waals surface area contributed by atoms with Crippen molar-refractivity contribution in [1.82, 2.24) is 19.2 Å². The van der Waals surface area contributed by atoms with Gasteiger partial charge in [0.15, 0.2) is 0 Å². The van der Waals surface area contributed by atoms with Crippen molar-refractivity contribution < 1.29 is 9.90 Å². The van der Waals surface area contributed by atoms with Gasteiger partial charge in [-0.2, -0.15) is 5.10 Å². The molecule has 0 spiro atoms. The van der Waals surface area contributed by atoms with Crippen molar-refractivity contribution in [1.29, 1.82) is 0 Å². The van der Waals surface area contributed by atoms with Gasteiger partial charge in [-0.05, 0) is 31.5 Å². The average Bonchev–Trinajstić information content (AvgIpc) is 2.83. The van der Waals surface area contributed by atoms with Crippen LogP contribution in [0.3, 0.4) is 0 Å². The fraction of sp³-hybridized carbons (Fsp3) is 0.438. The molecular formula is C16H20N4O3. The molecule has 1 saturated heterocycles. The lowest BCUT2D eigenvalue weighted by atomic mass is 9.97. The summed E-state index contributed by atoms with van der Waals surface area (Å²) < 4.78 is 2.98. The summed E-state index contributed by atoms with van der Waals surface area (Å²) in [6.07, 6.45) is 1.80. The van der Waals surface area contributed by atoms with Crippen molar-refractivity contribution in [2.75, 3.05) is 19.6 Å². The van der Waals surface area contributed by atoms with Crippen LogP contribution in [0.15, 0.2) is 35.1 Å². The van der Waals surface area contributed by atoms with Crippen LogP contribution in [0.1, 0.15) is 24.6 Å². The monoisotopic (exact) mass is 316 g/mol. The molecule has 1 aliphatic rings. The molecule has 0 unspecified atom stereocenters. The number of benzene rings is 1. The van der Waals surface area contributed by atoms with Gasteiger partial charge in [-0.1, -0.05) is 18.2 Å². The molecule has 1 atom stereocenters. The lowest BCUT2D eigenvalue weighted by Crippen LogP contribution is -2.38. The average molecular weight is 316 g/mol. The van der Waals surface area contributed by atoms with Crippen LogP contribution in [0.2, 0.25) is 0 Å². The van der Waals surface area contributed by atoms with Gasteiger partial charge in [-0.15, -0.1) is 0 Å². The SMILES string of the molecule is Cn1nc([C@H]2CCCN(CC(=O)O)C2)n(-c2ccccc2)c1=O. The third-order valence-corrected chi connectivity index (χ3v) is 4.19. The van der Waals surface area contributed by atoms with Crippen LogP contribution in [-0.2, 0) is 11.8 Å². The van der Waals surface area contributed by atoms with E-state index in [1.165, 1.54) is 4.68 Å². The summed E-state index contributed by atoms with van der Waals surface area (Å²) >= 11 is 0. The van der Waals surface area contributed by atoms with Crippen molar-refractivity contribution in [2.24, 2.45) is 7.05 Å². The number of hydrogen-bond acceptors (Lipinski definition) is 4. The Kier molecular flexibility index (Phi) is 4.29. The zero-order chi connectivity index (χ0) is 16.4. The van der Waals surface area contributed by atoms with Crippen LogP contribution in [0.4, 0.5) is 0 Å². The van der Waals surface area contributed by atoms with Crippen LogP contribution in [0, 0.1) is 0 Å². The van der Waals surface area contributed by atoms with Crippen LogP contribution in [0.25, 0.3) is 5.69 Å². The van der Waals surface area contributed by atoms with Gasteiger partial charge in [0, 0.05) is 19.5 Å². The number of aryl methyl sites for hydroxylation is 1. The number of carboxylic acids is 1. The van der Waals surface area contributed by atoms with Gasteiger partial charge in [0.25, 0.3) is 0 Å². The van der Waals surface area contributed by atoms with E-state index < -0.39 is 5.97 Å². The molecule has 1 aromatic heterocycles. The standard InChI is InChI=1S/C16H20N4O3/c1-18-16(23)20(13-7-3-2-4-8-13)15(17-18)12-6-5-9-19(10-12)11-14(21)22/h2-4,7-8,12H,5-6,9-11H2,1H3,(H,21,22)/t12-/m0/s1. The first kappa shape index (κ1) is 15.5. The minimum atomic E-state index is -0.827. The van der Waals surface area contributed by atoms with Crippen LogP contribution >= 0.6 is 0 Å². The highest BCUT2D eigenvalue weighted by molar-refractivity contribution is 5.69. The number of carbonyl (C=O) groups is 1. The maximum absolute atomic E-state index is 12.4. The third kappa shape index (κ3) is 3.19. The molecule has 1 fully saturated rings. The molecule has 7 nitrogen and oxygen atoms in total. The second-order valence-electron chi connectivity index (χ2n) is 5.90. The molecule has 0 amide bonds. The van der Waals surface area contributed by atoms with Gasteiger partial charge in [0.05, 0.1) is 12.2 Å². The Labute approximate surface area is 133 Å². The van der Waals surface area contributed by atoms with Crippen molar-refractivity contribution in [3.8, 4) is 5.69 Å². The molecule has 0 aliphatic carbocycles. The highest BCUT2D eigenvalue weighted by Gasteiger charge is 2.28. The number of hydrogen-bond donors (Lipinski definition) is 1. The van der Waals surface area contributed by atoms with Crippen molar-refractivity contribution in [3.05, 3.63) is 46.6 Å². The van der Waals surface area contributed by atoms with E-state index in [0.717, 1.165) is 25.1 Å². The number of carboxylic acid groups (broad SMARTS) is 1. The zero-order valence-corrected chi connectivity index (χ0v) is 13.1. The topological polar surface area (TPSA) is 80.4 Å². The molecule has 2 aromatic rings. The van der Waals surface area contributed by atoms with Crippen LogP contribution in [0.5, 0.6) is 0 Å². The summed E-state index contributed by atoms with van der Waals surface area (Å²) in [4.78, 5) is 25.3. The number of aromatic nitrogens is 3. The minimum absolute atomic E-state index is 0.0267. The van der Waals surface area contributed by atoms with E-state index in [1.54, 1.807) is 11.6 Å². The number of nitrogens with zero attached hydrogens (tertiary/aromatic N) is 4. The smallest absolute Gasteiger partial charge is 0.350 e. The summed E-state index contributed by atoms with van der Waals surface area (Å²) in [5.74, 6) is -0.0666. The van der Waals surface area contributed by atoms with E-state index in [1.807, 2.05) is 35.2 Å². The first-order valence-electron chi connectivity index (χ1n) is 7.72. The summed E-state index contributed by atoms with van der Waals surface area (Å²) in [6, 6.07) is 9.43. The molecule has 0 bridgehead atoms. The summed E-state index contributed by atoms with van der Waals surface area (Å²) in [6.45, 7) is 1.40. The maximum atomic E-state index is 12.4. The highest BCUT2D eigenvalue weighted by atomic mass is 16.4. The first-order chi connectivity index (χ1) is 11.1. The Balaban J connectivity index is 1.95. The third-order valence-electron chi connectivity index (χ3n) is 4.19. The van der Waals surface area contributed by atoms with E-state index in [2.05, 4.69) is 5.10 Å². The molecule has 3 rings (SSSR count). The highest BCUT2D eigenvalue weighted by Crippen LogP contribution is 2.26. The number of rotatable bonds is 4. The number of aliphatic carboxylic acids is 1. The lowest BCUT2D eigenvalue weighted by molar-refractivity contribution is -0.138. The molecular weight excluding hydrogens is 296 g/mol. The summed E-state index contributed by atoms with van der Waals surface area (Å²) in [5.41, 5.74) is 0.609. The molecule has 1 N–H and O–H groups in total. The number of likely N-dealkylation sites (tertiary alicyclic amines) is 1.